The number of ether oxygens (including phenoxy) is 2. The van der Waals surface area contributed by atoms with Gasteiger partial charge < -0.3 is 19.9 Å². The minimum absolute atomic E-state index is 0.0217. The van der Waals surface area contributed by atoms with Gasteiger partial charge in [-0.25, -0.2) is 13.8 Å². The Hall–Kier alpha value is -3.04. The maximum atomic E-state index is 14.0. The maximum absolute atomic E-state index is 14.0. The van der Waals surface area contributed by atoms with Crippen LogP contribution in [-0.2, 0) is 11.3 Å². The average molecular weight is 431 g/mol. The first-order valence-electron chi connectivity index (χ1n) is 10.1. The molecule has 0 saturated carbocycles. The van der Waals surface area contributed by atoms with Crippen molar-refractivity contribution in [3.8, 4) is 11.5 Å². The molecule has 1 aliphatic heterocycles. The molecule has 164 valence electrons. The van der Waals surface area contributed by atoms with Gasteiger partial charge in [-0.2, -0.15) is 0 Å². The highest BCUT2D eigenvalue weighted by molar-refractivity contribution is 5.78. The van der Waals surface area contributed by atoms with Gasteiger partial charge in [-0.1, -0.05) is 0 Å². The lowest BCUT2D eigenvalue weighted by Gasteiger charge is -2.24. The van der Waals surface area contributed by atoms with Crippen LogP contribution in [0.1, 0.15) is 19.8 Å². The quantitative estimate of drug-likeness (QED) is 0.622. The van der Waals surface area contributed by atoms with E-state index in [1.54, 1.807) is 19.1 Å². The highest BCUT2D eigenvalue weighted by atomic mass is 19.1. The summed E-state index contributed by atoms with van der Waals surface area (Å²) in [5.74, 6) is -1.48. The number of aromatic nitrogens is 2. The Bertz CT molecular complexity index is 1140. The molecule has 2 N–H and O–H groups in total. The second kappa shape index (κ2) is 8.99. The van der Waals surface area contributed by atoms with Gasteiger partial charge in [-0.3, -0.25) is 9.36 Å². The van der Waals surface area contributed by atoms with Crippen molar-refractivity contribution < 1.29 is 23.4 Å². The molecule has 1 unspecified atom stereocenters. The van der Waals surface area contributed by atoms with E-state index in [0.29, 0.717) is 36.1 Å². The van der Waals surface area contributed by atoms with Crippen molar-refractivity contribution in [1.82, 2.24) is 9.55 Å². The van der Waals surface area contributed by atoms with Gasteiger partial charge in [0.2, 0.25) is 0 Å². The summed E-state index contributed by atoms with van der Waals surface area (Å²) < 4.78 is 39.3. The number of anilines is 1. The van der Waals surface area contributed by atoms with Crippen LogP contribution in [0.4, 0.5) is 14.6 Å². The Balaban J connectivity index is 1.73. The van der Waals surface area contributed by atoms with E-state index in [1.165, 1.54) is 10.6 Å². The Labute approximate surface area is 177 Å². The second-order valence-corrected chi connectivity index (χ2v) is 7.59. The third-order valence-corrected chi connectivity index (χ3v) is 5.04. The van der Waals surface area contributed by atoms with Crippen LogP contribution >= 0.6 is 0 Å². The standard InChI is InChI=1S/C22H23F2N3O4/c1-13(28)12-27-21-14(2-5-20(26-21)25-16-6-8-30-9-7-16)10-19(22(27)29)31-18-4-3-15(23)11-17(18)24/h2-5,10-11,13,16,28H,6-9,12H2,1H3,(H,25,26). The van der Waals surface area contributed by atoms with Gasteiger partial charge in [0.05, 0.1) is 12.6 Å². The number of hydrogen-bond donors (Lipinski definition) is 2. The molecule has 0 amide bonds. The molecule has 0 radical (unpaired) electrons. The predicted molar refractivity (Wildman–Crippen MR) is 112 cm³/mol. The third-order valence-electron chi connectivity index (χ3n) is 5.04. The molecule has 3 aromatic rings. The first-order chi connectivity index (χ1) is 14.9. The van der Waals surface area contributed by atoms with Crippen LogP contribution in [-0.4, -0.2) is 40.0 Å². The molecule has 1 fully saturated rings. The lowest BCUT2D eigenvalue weighted by Crippen LogP contribution is -2.29. The number of hydrogen-bond acceptors (Lipinski definition) is 6. The summed E-state index contributed by atoms with van der Waals surface area (Å²) in [5, 5.41) is 13.8. The maximum Gasteiger partial charge on any atom is 0.295 e. The zero-order valence-corrected chi connectivity index (χ0v) is 17.0. The second-order valence-electron chi connectivity index (χ2n) is 7.59. The molecule has 1 aromatic carbocycles. The third kappa shape index (κ3) is 4.83. The molecule has 4 rings (SSSR count). The molecular formula is C22H23F2N3O4. The van der Waals surface area contributed by atoms with Gasteiger partial charge >= 0.3 is 0 Å². The molecule has 0 spiro atoms. The van der Waals surface area contributed by atoms with Crippen molar-refractivity contribution >= 4 is 16.9 Å². The number of halogens is 2. The number of fused-ring (bicyclic) bond motifs is 1. The minimum Gasteiger partial charge on any atom is -0.448 e. The normalized spacial score (nSPS) is 15.7. The van der Waals surface area contributed by atoms with Gasteiger partial charge in [-0.15, -0.1) is 0 Å². The lowest BCUT2D eigenvalue weighted by atomic mass is 10.1. The first-order valence-corrected chi connectivity index (χ1v) is 10.1. The van der Waals surface area contributed by atoms with Crippen molar-refractivity contribution in [2.45, 2.75) is 38.5 Å². The van der Waals surface area contributed by atoms with Crippen molar-refractivity contribution in [3.63, 3.8) is 0 Å². The fraction of sp³-hybridized carbons (Fsp3) is 0.364. The van der Waals surface area contributed by atoms with E-state index < -0.39 is 23.3 Å². The van der Waals surface area contributed by atoms with Gasteiger partial charge in [0.25, 0.3) is 5.56 Å². The van der Waals surface area contributed by atoms with E-state index in [9.17, 15) is 18.7 Å². The van der Waals surface area contributed by atoms with Crippen LogP contribution in [0, 0.1) is 11.6 Å². The number of nitrogens with zero attached hydrogens (tertiary/aromatic N) is 2. The first kappa shape index (κ1) is 21.2. The Morgan fingerprint density at radius 3 is 2.71 bits per heavy atom. The molecule has 7 nitrogen and oxygen atoms in total. The highest BCUT2D eigenvalue weighted by Gasteiger charge is 2.18. The number of aliphatic hydroxyl groups excluding tert-OH is 1. The number of aliphatic hydroxyl groups is 1. The fourth-order valence-corrected chi connectivity index (χ4v) is 3.53. The summed E-state index contributed by atoms with van der Waals surface area (Å²) in [6, 6.07) is 8.09. The van der Waals surface area contributed by atoms with Crippen molar-refractivity contribution in [1.29, 1.82) is 0 Å². The van der Waals surface area contributed by atoms with Crippen LogP contribution in [0.3, 0.4) is 0 Å². The Morgan fingerprint density at radius 2 is 2.00 bits per heavy atom. The average Bonchev–Trinajstić information content (AvgIpc) is 2.74. The molecule has 0 bridgehead atoms. The SMILES string of the molecule is CC(O)Cn1c(=O)c(Oc2ccc(F)cc2F)cc2ccc(NC3CCOCC3)nc21. The Kier molecular flexibility index (Phi) is 6.15. The minimum atomic E-state index is -0.921. The topological polar surface area (TPSA) is 85.6 Å². The molecule has 3 heterocycles. The van der Waals surface area contributed by atoms with E-state index >= 15 is 0 Å². The summed E-state index contributed by atoms with van der Waals surface area (Å²) in [7, 11) is 0. The van der Waals surface area contributed by atoms with Gasteiger partial charge in [0, 0.05) is 30.7 Å². The molecule has 31 heavy (non-hydrogen) atoms. The van der Waals surface area contributed by atoms with Crippen molar-refractivity contribution in [2.24, 2.45) is 0 Å². The van der Waals surface area contributed by atoms with E-state index in [-0.39, 0.29) is 24.1 Å². The van der Waals surface area contributed by atoms with Crippen LogP contribution in [0.25, 0.3) is 11.0 Å². The Morgan fingerprint density at radius 1 is 1.23 bits per heavy atom. The predicted octanol–water partition coefficient (Wildman–Crippen LogP) is 3.44. The van der Waals surface area contributed by atoms with E-state index in [2.05, 4.69) is 10.3 Å². The largest absolute Gasteiger partial charge is 0.448 e. The van der Waals surface area contributed by atoms with Crippen LogP contribution < -0.4 is 15.6 Å². The van der Waals surface area contributed by atoms with Gasteiger partial charge in [0.15, 0.2) is 17.3 Å². The highest BCUT2D eigenvalue weighted by Crippen LogP contribution is 2.26. The van der Waals surface area contributed by atoms with Crippen molar-refractivity contribution in [3.05, 3.63) is 58.4 Å². The van der Waals surface area contributed by atoms with E-state index in [1.807, 2.05) is 0 Å². The van der Waals surface area contributed by atoms with Crippen LogP contribution in [0.15, 0.2) is 41.2 Å². The lowest BCUT2D eigenvalue weighted by molar-refractivity contribution is 0.0904. The number of benzene rings is 1. The summed E-state index contributed by atoms with van der Waals surface area (Å²) >= 11 is 0. The van der Waals surface area contributed by atoms with E-state index in [0.717, 1.165) is 25.0 Å². The van der Waals surface area contributed by atoms with Crippen LogP contribution in [0.2, 0.25) is 0 Å². The molecular weight excluding hydrogens is 408 g/mol. The summed E-state index contributed by atoms with van der Waals surface area (Å²) in [6.45, 7) is 2.89. The molecule has 0 aliphatic carbocycles. The zero-order chi connectivity index (χ0) is 22.0. The summed E-state index contributed by atoms with van der Waals surface area (Å²) in [4.78, 5) is 17.6. The number of nitrogens with one attached hydrogen (secondary N) is 1. The number of rotatable bonds is 6. The number of pyridine rings is 2. The van der Waals surface area contributed by atoms with Crippen LogP contribution in [0.5, 0.6) is 11.5 Å². The van der Waals surface area contributed by atoms with E-state index in [4.69, 9.17) is 9.47 Å². The fourth-order valence-electron chi connectivity index (χ4n) is 3.53. The molecule has 9 heteroatoms. The molecule has 1 aliphatic rings. The molecule has 2 aromatic heterocycles. The summed E-state index contributed by atoms with van der Waals surface area (Å²) in [6.07, 6.45) is 0.888. The van der Waals surface area contributed by atoms with Gasteiger partial charge in [0.1, 0.15) is 17.3 Å². The monoisotopic (exact) mass is 431 g/mol. The van der Waals surface area contributed by atoms with Gasteiger partial charge in [-0.05, 0) is 50.1 Å². The molecule has 1 saturated heterocycles. The smallest absolute Gasteiger partial charge is 0.295 e. The van der Waals surface area contributed by atoms with Crippen molar-refractivity contribution in [2.75, 3.05) is 18.5 Å². The zero-order valence-electron chi connectivity index (χ0n) is 17.0. The molecule has 1 atom stereocenters. The summed E-state index contributed by atoms with van der Waals surface area (Å²) in [5.41, 5.74) is -0.206.